The summed E-state index contributed by atoms with van der Waals surface area (Å²) in [6, 6.07) is 17.2. The molecule has 2 aromatic carbocycles. The van der Waals surface area contributed by atoms with E-state index in [0.717, 1.165) is 32.6 Å². The van der Waals surface area contributed by atoms with Crippen LogP contribution in [-0.4, -0.2) is 43.3 Å². The largest absolute Gasteiger partial charge is 0.476 e. The van der Waals surface area contributed by atoms with Crippen molar-refractivity contribution in [3.63, 3.8) is 0 Å². The van der Waals surface area contributed by atoms with Gasteiger partial charge in [0, 0.05) is 42.0 Å². The van der Waals surface area contributed by atoms with Gasteiger partial charge in [-0.1, -0.05) is 35.6 Å². The van der Waals surface area contributed by atoms with E-state index in [1.54, 1.807) is 12.3 Å². The number of pyridine rings is 1. The van der Waals surface area contributed by atoms with Gasteiger partial charge in [-0.05, 0) is 61.7 Å². The number of aromatic carboxylic acids is 1. The van der Waals surface area contributed by atoms with Gasteiger partial charge < -0.3 is 10.0 Å². The second kappa shape index (κ2) is 9.95. The van der Waals surface area contributed by atoms with Gasteiger partial charge >= 0.3 is 5.97 Å². The molecule has 0 saturated carbocycles. The number of thiazole rings is 1. The van der Waals surface area contributed by atoms with E-state index in [1.165, 1.54) is 11.3 Å². The number of fused-ring (bicyclic) bond motifs is 2. The first-order chi connectivity index (χ1) is 18.9. The molecule has 0 unspecified atom stereocenters. The van der Waals surface area contributed by atoms with E-state index in [0.29, 0.717) is 48.1 Å². The lowest BCUT2D eigenvalue weighted by Crippen LogP contribution is -2.33. The average Bonchev–Trinajstić information content (AvgIpc) is 3.54. The number of carbonyl (C=O) groups is 2. The molecule has 2 N–H and O–H groups in total. The third-order valence-corrected chi connectivity index (χ3v) is 8.08. The van der Waals surface area contributed by atoms with Crippen LogP contribution in [-0.2, 0) is 19.5 Å². The highest BCUT2D eigenvalue weighted by atomic mass is 32.1. The minimum atomic E-state index is -1.09. The predicted octanol–water partition coefficient (Wildman–Crippen LogP) is 5.40. The monoisotopic (exact) mass is 538 g/mol. The number of amides is 1. The molecule has 0 radical (unpaired) electrons. The number of rotatable bonds is 6. The fourth-order valence-corrected chi connectivity index (χ4v) is 5.98. The van der Waals surface area contributed by atoms with Gasteiger partial charge in [0.2, 0.25) is 0 Å². The molecule has 1 aliphatic heterocycles. The van der Waals surface area contributed by atoms with E-state index in [2.05, 4.69) is 20.4 Å². The lowest BCUT2D eigenvalue weighted by molar-refractivity contribution is 0.0691. The number of carboxylic acids is 1. The predicted molar refractivity (Wildman–Crippen MR) is 152 cm³/mol. The molecule has 0 spiro atoms. The molecule has 196 valence electrons. The van der Waals surface area contributed by atoms with Gasteiger partial charge in [-0.3, -0.25) is 14.8 Å². The van der Waals surface area contributed by atoms with Crippen molar-refractivity contribution in [2.45, 2.75) is 33.4 Å². The number of anilines is 2. The Kier molecular flexibility index (Phi) is 6.32. The maximum atomic E-state index is 13.3. The van der Waals surface area contributed by atoms with Crippen molar-refractivity contribution >= 4 is 44.4 Å². The van der Waals surface area contributed by atoms with Crippen LogP contribution in [0.2, 0.25) is 0 Å². The van der Waals surface area contributed by atoms with Crippen LogP contribution in [0.5, 0.6) is 0 Å². The van der Waals surface area contributed by atoms with Crippen LogP contribution in [0.4, 0.5) is 10.9 Å². The summed E-state index contributed by atoms with van der Waals surface area (Å²) >= 11 is 1.44. The van der Waals surface area contributed by atoms with E-state index < -0.39 is 5.97 Å². The number of nitrogens with one attached hydrogen (secondary N) is 1. The second-order valence-electron chi connectivity index (χ2n) is 9.39. The van der Waals surface area contributed by atoms with Gasteiger partial charge in [0.05, 0.1) is 16.4 Å². The first-order valence-corrected chi connectivity index (χ1v) is 13.5. The third kappa shape index (κ3) is 4.52. The van der Waals surface area contributed by atoms with E-state index in [-0.39, 0.29) is 11.6 Å². The molecule has 6 rings (SSSR count). The Morgan fingerprint density at radius 3 is 2.67 bits per heavy atom. The van der Waals surface area contributed by atoms with Crippen LogP contribution in [0.1, 0.15) is 44.6 Å². The number of hydrogen-bond acceptors (Lipinski definition) is 7. The first-order valence-electron chi connectivity index (χ1n) is 12.7. The SMILES string of the molecule is CCn1ncc(-c2ccc(N3CCc4cccc(C(=O)Nc5nc6ccccc6s5)c4C3)nc2C(=O)O)c1C. The smallest absolute Gasteiger partial charge is 0.355 e. The zero-order chi connectivity index (χ0) is 27.1. The number of benzene rings is 2. The molecule has 3 aromatic heterocycles. The fraction of sp³-hybridized carbons (Fsp3) is 0.207. The van der Waals surface area contributed by atoms with Crippen LogP contribution in [0.3, 0.4) is 0 Å². The quantitative estimate of drug-likeness (QED) is 0.298. The van der Waals surface area contributed by atoms with Crippen molar-refractivity contribution in [2.24, 2.45) is 0 Å². The fourth-order valence-electron chi connectivity index (χ4n) is 5.11. The molecule has 1 amide bonds. The first kappa shape index (κ1) is 24.7. The summed E-state index contributed by atoms with van der Waals surface area (Å²) in [6.07, 6.45) is 2.40. The molecule has 0 saturated heterocycles. The van der Waals surface area contributed by atoms with Gasteiger partial charge in [-0.25, -0.2) is 14.8 Å². The number of carbonyl (C=O) groups excluding carboxylic acids is 1. The number of aromatic nitrogens is 4. The molecule has 9 nitrogen and oxygen atoms in total. The van der Waals surface area contributed by atoms with Gasteiger partial charge in [0.15, 0.2) is 10.8 Å². The maximum absolute atomic E-state index is 13.3. The highest BCUT2D eigenvalue weighted by Gasteiger charge is 2.25. The second-order valence-corrected chi connectivity index (χ2v) is 10.4. The third-order valence-electron chi connectivity index (χ3n) is 7.13. The number of para-hydroxylation sites is 1. The van der Waals surface area contributed by atoms with Crippen LogP contribution >= 0.6 is 11.3 Å². The van der Waals surface area contributed by atoms with E-state index >= 15 is 0 Å². The molecule has 5 aromatic rings. The van der Waals surface area contributed by atoms with Crippen LogP contribution in [0.25, 0.3) is 21.3 Å². The van der Waals surface area contributed by atoms with Crippen molar-refractivity contribution in [3.05, 3.63) is 88.9 Å². The molecule has 39 heavy (non-hydrogen) atoms. The summed E-state index contributed by atoms with van der Waals surface area (Å²) in [4.78, 5) is 36.7. The molecule has 1 aliphatic rings. The summed E-state index contributed by atoms with van der Waals surface area (Å²) in [5.74, 6) is -0.752. The number of hydrogen-bond donors (Lipinski definition) is 2. The van der Waals surface area contributed by atoms with Crippen molar-refractivity contribution in [1.29, 1.82) is 0 Å². The van der Waals surface area contributed by atoms with Crippen molar-refractivity contribution in [3.8, 4) is 11.1 Å². The molecule has 0 bridgehead atoms. The van der Waals surface area contributed by atoms with Crippen molar-refractivity contribution in [1.82, 2.24) is 19.7 Å². The highest BCUT2D eigenvalue weighted by molar-refractivity contribution is 7.22. The van der Waals surface area contributed by atoms with E-state index in [1.807, 2.05) is 72.0 Å². The normalized spacial score (nSPS) is 12.9. The van der Waals surface area contributed by atoms with E-state index in [9.17, 15) is 14.7 Å². The van der Waals surface area contributed by atoms with Gasteiger partial charge in [0.1, 0.15) is 5.82 Å². The summed E-state index contributed by atoms with van der Waals surface area (Å²) in [7, 11) is 0. The Morgan fingerprint density at radius 1 is 1.05 bits per heavy atom. The van der Waals surface area contributed by atoms with Crippen LogP contribution in [0.15, 0.2) is 60.8 Å². The summed E-state index contributed by atoms with van der Waals surface area (Å²) in [5, 5.41) is 17.9. The summed E-state index contributed by atoms with van der Waals surface area (Å²) in [5.41, 5.74) is 5.60. The molecule has 10 heteroatoms. The summed E-state index contributed by atoms with van der Waals surface area (Å²) in [6.45, 7) is 5.71. The Balaban J connectivity index is 1.29. The average molecular weight is 539 g/mol. The lowest BCUT2D eigenvalue weighted by atomic mass is 9.94. The Labute approximate surface area is 228 Å². The van der Waals surface area contributed by atoms with Gasteiger partial charge in [-0.2, -0.15) is 5.10 Å². The molecule has 0 aliphatic carbocycles. The molecule has 4 heterocycles. The number of nitrogens with zero attached hydrogens (tertiary/aromatic N) is 5. The van der Waals surface area contributed by atoms with Gasteiger partial charge in [-0.15, -0.1) is 0 Å². The van der Waals surface area contributed by atoms with Crippen LogP contribution in [0, 0.1) is 6.92 Å². The highest BCUT2D eigenvalue weighted by Crippen LogP contribution is 2.32. The Morgan fingerprint density at radius 2 is 1.90 bits per heavy atom. The Hall–Kier alpha value is -4.57. The molecule has 0 fully saturated rings. The van der Waals surface area contributed by atoms with Gasteiger partial charge in [0.25, 0.3) is 5.91 Å². The van der Waals surface area contributed by atoms with Crippen molar-refractivity contribution in [2.75, 3.05) is 16.8 Å². The Bertz CT molecular complexity index is 1710. The topological polar surface area (TPSA) is 113 Å². The minimum absolute atomic E-state index is 0.0149. The maximum Gasteiger partial charge on any atom is 0.355 e. The van der Waals surface area contributed by atoms with Crippen molar-refractivity contribution < 1.29 is 14.7 Å². The molecular weight excluding hydrogens is 512 g/mol. The minimum Gasteiger partial charge on any atom is -0.476 e. The zero-order valence-electron chi connectivity index (χ0n) is 21.5. The summed E-state index contributed by atoms with van der Waals surface area (Å²) < 4.78 is 2.84. The number of aryl methyl sites for hydroxylation is 1. The lowest BCUT2D eigenvalue weighted by Gasteiger charge is -2.31. The van der Waals surface area contributed by atoms with Crippen LogP contribution < -0.4 is 10.2 Å². The number of carboxylic acid groups (broad SMARTS) is 1. The molecular formula is C29H26N6O3S. The molecule has 0 atom stereocenters. The van der Waals surface area contributed by atoms with E-state index in [4.69, 9.17) is 0 Å². The zero-order valence-corrected chi connectivity index (χ0v) is 22.3. The standard InChI is InChI=1S/C29H26N6O3S/c1-3-35-17(2)21(15-30-35)19-11-12-25(32-26(19)28(37)38)34-14-13-18-7-6-8-20(22(18)16-34)27(36)33-29-31-23-9-4-5-10-24(23)39-29/h4-12,15H,3,13-14,16H2,1-2H3,(H,37,38)(H,31,33,36).